The van der Waals surface area contributed by atoms with Gasteiger partial charge < -0.3 is 10.2 Å². The average Bonchev–Trinajstić information content (AvgIpc) is 2.68. The van der Waals surface area contributed by atoms with E-state index < -0.39 is 0 Å². The fourth-order valence-electron chi connectivity index (χ4n) is 2.96. The summed E-state index contributed by atoms with van der Waals surface area (Å²) in [4.78, 5) is 27.8. The molecule has 1 unspecified atom stereocenters. The number of nitrogens with one attached hydrogen (secondary N) is 1. The molecule has 1 saturated heterocycles. The maximum atomic E-state index is 12.0. The van der Waals surface area contributed by atoms with Crippen molar-refractivity contribution in [3.63, 3.8) is 0 Å². The molecule has 149 valence electrons. The van der Waals surface area contributed by atoms with Crippen LogP contribution in [0.3, 0.4) is 0 Å². The van der Waals surface area contributed by atoms with Crippen LogP contribution >= 0.6 is 0 Å². The minimum atomic E-state index is -0.322. The first-order valence-electron chi connectivity index (χ1n) is 8.88. The van der Waals surface area contributed by atoms with Gasteiger partial charge in [-0.05, 0) is 48.8 Å². The van der Waals surface area contributed by atoms with E-state index in [1.54, 1.807) is 0 Å². The van der Waals surface area contributed by atoms with E-state index in [-0.39, 0.29) is 62.8 Å². The predicted octanol–water partition coefficient (Wildman–Crippen LogP) is 3.35. The number of aryl methyl sites for hydroxylation is 1. The number of aliphatic hydroxyl groups excluding tert-OH is 2. The molecule has 3 rings (SSSR count). The second-order valence-electron chi connectivity index (χ2n) is 6.38. The zero-order valence-electron chi connectivity index (χ0n) is 16.4. The van der Waals surface area contributed by atoms with Crippen LogP contribution in [0.2, 0.25) is 0 Å². The van der Waals surface area contributed by atoms with Crippen LogP contribution in [0.5, 0.6) is 0 Å². The van der Waals surface area contributed by atoms with Crippen LogP contribution in [-0.4, -0.2) is 27.0 Å². The topological polar surface area (TPSA) is 99.5 Å². The van der Waals surface area contributed by atoms with Crippen molar-refractivity contribution in [3.05, 3.63) is 78.2 Å². The summed E-state index contributed by atoms with van der Waals surface area (Å²) in [6, 6.07) is 7.53. The van der Waals surface area contributed by atoms with Crippen LogP contribution in [0.4, 0.5) is 0 Å². The fourth-order valence-corrected chi connectivity index (χ4v) is 2.96. The van der Waals surface area contributed by atoms with Crippen LogP contribution in [0.15, 0.2) is 61.4 Å². The van der Waals surface area contributed by atoms with Gasteiger partial charge in [0.1, 0.15) is 5.76 Å². The van der Waals surface area contributed by atoms with Gasteiger partial charge in [0.05, 0.1) is 18.0 Å². The van der Waals surface area contributed by atoms with Crippen LogP contribution in [0.25, 0.3) is 10.9 Å². The SMILES string of the molecule is C=C/C=C(/O)C=C.Cc1nc2cc(CO)ccc2cc1C1CCC(=O)NC1=O.[Y]. The molecule has 7 heteroatoms. The number of carbonyl (C=O) groups is 2. The van der Waals surface area contributed by atoms with Crippen LogP contribution < -0.4 is 5.32 Å². The summed E-state index contributed by atoms with van der Waals surface area (Å²) in [5.74, 6) is -0.634. The van der Waals surface area contributed by atoms with Gasteiger partial charge in [0, 0.05) is 50.2 Å². The molecule has 1 aliphatic rings. The fraction of sp³-hybridized carbons (Fsp3) is 0.227. The zero-order chi connectivity index (χ0) is 20.7. The summed E-state index contributed by atoms with van der Waals surface area (Å²) in [5, 5.41) is 21.0. The number of piperidine rings is 1. The number of hydrogen-bond donors (Lipinski definition) is 3. The molecule has 0 spiro atoms. The molecule has 6 nitrogen and oxygen atoms in total. The number of amides is 2. The van der Waals surface area contributed by atoms with Crippen molar-refractivity contribution in [2.75, 3.05) is 0 Å². The molecule has 2 aromatic rings. The largest absolute Gasteiger partial charge is 0.508 e. The van der Waals surface area contributed by atoms with Gasteiger partial charge in [-0.25, -0.2) is 0 Å². The Morgan fingerprint density at radius 3 is 2.59 bits per heavy atom. The van der Waals surface area contributed by atoms with Gasteiger partial charge in [0.15, 0.2) is 0 Å². The van der Waals surface area contributed by atoms with Gasteiger partial charge in [-0.1, -0.05) is 31.4 Å². The van der Waals surface area contributed by atoms with Gasteiger partial charge in [-0.2, -0.15) is 0 Å². The molecule has 0 saturated carbocycles. The molecule has 1 radical (unpaired) electrons. The Hall–Kier alpha value is -2.15. The number of nitrogens with zero attached hydrogens (tertiary/aromatic N) is 1. The van der Waals surface area contributed by atoms with Gasteiger partial charge in [-0.15, -0.1) is 0 Å². The first-order valence-corrected chi connectivity index (χ1v) is 8.88. The molecule has 2 heterocycles. The summed E-state index contributed by atoms with van der Waals surface area (Å²) in [6.07, 6.45) is 5.19. The van der Waals surface area contributed by atoms with E-state index in [0.717, 1.165) is 27.7 Å². The number of rotatable bonds is 4. The molecule has 1 aromatic carbocycles. The molecule has 2 amide bonds. The number of aromatic nitrogens is 1. The maximum absolute atomic E-state index is 12.0. The van der Waals surface area contributed by atoms with Crippen molar-refractivity contribution in [2.24, 2.45) is 0 Å². The third-order valence-electron chi connectivity index (χ3n) is 4.41. The summed E-state index contributed by atoms with van der Waals surface area (Å²) >= 11 is 0. The van der Waals surface area contributed by atoms with Gasteiger partial charge in [0.2, 0.25) is 11.8 Å². The minimum absolute atomic E-state index is 0. The van der Waals surface area contributed by atoms with E-state index in [0.29, 0.717) is 12.8 Å². The molecule has 1 atom stereocenters. The number of imide groups is 1. The monoisotopic (exact) mass is 469 g/mol. The quantitative estimate of drug-likeness (QED) is 0.363. The van der Waals surface area contributed by atoms with Crippen molar-refractivity contribution in [1.29, 1.82) is 0 Å². The predicted molar refractivity (Wildman–Crippen MR) is 109 cm³/mol. The Balaban J connectivity index is 0.000000456. The Morgan fingerprint density at radius 1 is 1.31 bits per heavy atom. The van der Waals surface area contributed by atoms with Crippen molar-refractivity contribution in [2.45, 2.75) is 32.3 Å². The third kappa shape index (κ3) is 6.70. The molecule has 29 heavy (non-hydrogen) atoms. The molecule has 3 N–H and O–H groups in total. The van der Waals surface area contributed by atoms with E-state index in [2.05, 4.69) is 23.5 Å². The maximum Gasteiger partial charge on any atom is 0.234 e. The van der Waals surface area contributed by atoms with E-state index in [9.17, 15) is 14.7 Å². The number of hydrogen-bond acceptors (Lipinski definition) is 5. The van der Waals surface area contributed by atoms with Gasteiger partial charge in [0.25, 0.3) is 0 Å². The van der Waals surface area contributed by atoms with Crippen molar-refractivity contribution in [1.82, 2.24) is 10.3 Å². The molecule has 1 aliphatic heterocycles. The summed E-state index contributed by atoms with van der Waals surface area (Å²) in [6.45, 7) is 8.52. The Morgan fingerprint density at radius 2 is 2.03 bits per heavy atom. The normalized spacial score (nSPS) is 16.2. The average molecular weight is 469 g/mol. The standard InChI is InChI=1S/C16H16N2O3.C6H8O.Y/c1-9-13(12-4-5-15(20)18-16(12)21)7-11-3-2-10(8-19)6-14(11)17-9;1-3-5-6(7)4-2;/h2-3,6-7,12,19H,4-5,8H2,1H3,(H,18,20,21);3-5,7H,1-2H2;/b;6-5+;. The second kappa shape index (κ2) is 11.8. The molecule has 1 fully saturated rings. The Labute approximate surface area is 195 Å². The minimum Gasteiger partial charge on any atom is -0.508 e. The number of pyridine rings is 1. The number of aliphatic hydroxyl groups is 2. The van der Waals surface area contributed by atoms with E-state index in [1.807, 2.05) is 31.2 Å². The zero-order valence-corrected chi connectivity index (χ0v) is 19.2. The Bertz CT molecular complexity index is 953. The molecule has 0 bridgehead atoms. The molecule has 1 aromatic heterocycles. The first kappa shape index (κ1) is 24.9. The summed E-state index contributed by atoms with van der Waals surface area (Å²) in [7, 11) is 0. The summed E-state index contributed by atoms with van der Waals surface area (Å²) in [5.41, 5.74) is 3.26. The number of allylic oxidation sites excluding steroid dienone is 3. The number of carbonyl (C=O) groups excluding carboxylic acids is 2. The van der Waals surface area contributed by atoms with Crippen LogP contribution in [-0.2, 0) is 48.9 Å². The second-order valence-corrected chi connectivity index (χ2v) is 6.38. The van der Waals surface area contributed by atoms with Crippen molar-refractivity contribution >= 4 is 22.7 Å². The molecular formula is C22H24N2O4Y. The van der Waals surface area contributed by atoms with Crippen molar-refractivity contribution < 1.29 is 52.5 Å². The Kier molecular flexibility index (Phi) is 10.1. The van der Waals surface area contributed by atoms with E-state index in [4.69, 9.17) is 5.11 Å². The van der Waals surface area contributed by atoms with Crippen LogP contribution in [0.1, 0.15) is 35.6 Å². The van der Waals surface area contributed by atoms with Crippen LogP contribution in [0, 0.1) is 6.92 Å². The van der Waals surface area contributed by atoms with Gasteiger partial charge >= 0.3 is 0 Å². The molecular weight excluding hydrogens is 445 g/mol. The van der Waals surface area contributed by atoms with E-state index >= 15 is 0 Å². The number of fused-ring (bicyclic) bond motifs is 1. The third-order valence-corrected chi connectivity index (χ3v) is 4.41. The number of benzene rings is 1. The first-order chi connectivity index (χ1) is 13.4. The summed E-state index contributed by atoms with van der Waals surface area (Å²) < 4.78 is 0. The van der Waals surface area contributed by atoms with Crippen molar-refractivity contribution in [3.8, 4) is 0 Å². The smallest absolute Gasteiger partial charge is 0.234 e. The molecule has 0 aliphatic carbocycles. The van der Waals surface area contributed by atoms with E-state index in [1.165, 1.54) is 18.2 Å². The van der Waals surface area contributed by atoms with Gasteiger partial charge in [-0.3, -0.25) is 19.9 Å².